The second kappa shape index (κ2) is 7.84. The largest absolute Gasteiger partial charge is 0.399 e. The predicted octanol–water partition coefficient (Wildman–Crippen LogP) is 1.76. The molecule has 0 saturated carbocycles. The van der Waals surface area contributed by atoms with E-state index in [9.17, 15) is 4.79 Å². The number of nitrogens with zero attached hydrogens (tertiary/aromatic N) is 1. The number of halogens is 2. The van der Waals surface area contributed by atoms with Crippen LogP contribution in [0.2, 0.25) is 0 Å². The number of hydrogen-bond donors (Lipinski definition) is 0. The van der Waals surface area contributed by atoms with Gasteiger partial charge in [0.1, 0.15) is 7.11 Å². The quantitative estimate of drug-likeness (QED) is 0.222. The van der Waals surface area contributed by atoms with Gasteiger partial charge in [-0.15, -0.1) is 11.6 Å². The Morgan fingerprint density at radius 1 is 1.31 bits per heavy atom. The van der Waals surface area contributed by atoms with Crippen LogP contribution in [0, 0.1) is 0 Å². The van der Waals surface area contributed by atoms with Crippen LogP contribution < -0.4 is 0 Å². The van der Waals surface area contributed by atoms with Crippen molar-refractivity contribution in [1.82, 2.24) is 0 Å². The molecule has 0 radical (unpaired) electrons. The number of hydrogen-bond acceptors (Lipinski definition) is 5. The fourth-order valence-corrected chi connectivity index (χ4v) is 1.59. The van der Waals surface area contributed by atoms with Gasteiger partial charge in [0, 0.05) is 13.2 Å². The summed E-state index contributed by atoms with van der Waals surface area (Å²) in [7, 11) is 1.29. The Morgan fingerprint density at radius 3 is 2.06 bits per heavy atom. The molecule has 16 heavy (non-hydrogen) atoms. The van der Waals surface area contributed by atoms with Crippen LogP contribution >= 0.6 is 23.2 Å². The number of rotatable bonds is 8. The second-order valence-corrected chi connectivity index (χ2v) is 3.26. The lowest BCUT2D eigenvalue weighted by atomic mass is 10.2. The average Bonchev–Trinajstić information content (AvgIpc) is 2.25. The Labute approximate surface area is 105 Å². The summed E-state index contributed by atoms with van der Waals surface area (Å²) in [5.41, 5.74) is -0.199. The molecule has 0 bridgehead atoms. The van der Waals surface area contributed by atoms with Crippen LogP contribution in [-0.4, -0.2) is 42.9 Å². The SMILES string of the molecule is CCOC(CCl)(OCC)/C(=N/OC)C(=O)Cl. The molecule has 0 saturated heterocycles. The van der Waals surface area contributed by atoms with E-state index in [0.717, 1.165) is 0 Å². The second-order valence-electron chi connectivity index (χ2n) is 2.65. The minimum Gasteiger partial charge on any atom is -0.399 e. The third-order valence-electron chi connectivity index (χ3n) is 1.66. The molecule has 0 amide bonds. The van der Waals surface area contributed by atoms with Crippen LogP contribution in [0.3, 0.4) is 0 Å². The fraction of sp³-hybridized carbons (Fsp3) is 0.778. The molecule has 0 rings (SSSR count). The molecular formula is C9H15Cl2NO4. The number of alkyl halides is 1. The average molecular weight is 272 g/mol. The minimum atomic E-state index is -1.46. The first kappa shape index (κ1) is 15.6. The van der Waals surface area contributed by atoms with Crippen molar-refractivity contribution in [3.63, 3.8) is 0 Å². The molecule has 0 aromatic heterocycles. The minimum absolute atomic E-state index is 0.116. The van der Waals surface area contributed by atoms with Gasteiger partial charge in [-0.2, -0.15) is 0 Å². The highest BCUT2D eigenvalue weighted by Crippen LogP contribution is 2.20. The lowest BCUT2D eigenvalue weighted by molar-refractivity contribution is -0.171. The van der Waals surface area contributed by atoms with Crippen molar-refractivity contribution in [2.45, 2.75) is 19.6 Å². The maximum absolute atomic E-state index is 11.2. The maximum atomic E-state index is 11.2. The zero-order chi connectivity index (χ0) is 12.6. The van der Waals surface area contributed by atoms with Gasteiger partial charge in [-0.05, 0) is 25.4 Å². The standard InChI is InChI=1S/C9H15Cl2NO4/c1-4-15-9(6-10,16-5-2)7(8(11)13)12-14-3/h4-6H2,1-3H3/b12-7+. The summed E-state index contributed by atoms with van der Waals surface area (Å²) in [4.78, 5) is 15.8. The van der Waals surface area contributed by atoms with Crippen LogP contribution in [0.4, 0.5) is 0 Å². The molecule has 0 aromatic carbocycles. The Morgan fingerprint density at radius 2 is 1.81 bits per heavy atom. The summed E-state index contributed by atoms with van der Waals surface area (Å²) in [5, 5.41) is 2.68. The van der Waals surface area contributed by atoms with Crippen LogP contribution in [-0.2, 0) is 19.1 Å². The highest BCUT2D eigenvalue weighted by Gasteiger charge is 2.41. The van der Waals surface area contributed by atoms with Gasteiger partial charge in [0.05, 0.1) is 5.88 Å². The van der Waals surface area contributed by atoms with Crippen molar-refractivity contribution in [3.8, 4) is 0 Å². The van der Waals surface area contributed by atoms with Crippen LogP contribution in [0.1, 0.15) is 13.8 Å². The summed E-state index contributed by atoms with van der Waals surface area (Å²) >= 11 is 11.1. The summed E-state index contributed by atoms with van der Waals surface area (Å²) in [6, 6.07) is 0. The van der Waals surface area contributed by atoms with Gasteiger partial charge in [-0.25, -0.2) is 0 Å². The molecule has 0 heterocycles. The Balaban J connectivity index is 5.23. The van der Waals surface area contributed by atoms with Gasteiger partial charge >= 0.3 is 0 Å². The van der Waals surface area contributed by atoms with Crippen molar-refractivity contribution < 1.29 is 19.1 Å². The first-order valence-corrected chi connectivity index (χ1v) is 5.64. The van der Waals surface area contributed by atoms with Gasteiger partial charge in [-0.3, -0.25) is 4.79 Å². The van der Waals surface area contributed by atoms with Crippen LogP contribution in [0.15, 0.2) is 5.16 Å². The molecule has 7 heteroatoms. The molecule has 0 aliphatic rings. The Kier molecular flexibility index (Phi) is 7.66. The molecule has 0 aliphatic carbocycles. The molecular weight excluding hydrogens is 257 g/mol. The van der Waals surface area contributed by atoms with E-state index in [0.29, 0.717) is 13.2 Å². The molecule has 94 valence electrons. The summed E-state index contributed by atoms with van der Waals surface area (Å²) < 4.78 is 10.6. The zero-order valence-corrected chi connectivity index (χ0v) is 11.0. The monoisotopic (exact) mass is 271 g/mol. The first-order valence-electron chi connectivity index (χ1n) is 4.73. The van der Waals surface area contributed by atoms with E-state index in [1.807, 2.05) is 0 Å². The van der Waals surface area contributed by atoms with Crippen LogP contribution in [0.25, 0.3) is 0 Å². The molecule has 0 unspecified atom stereocenters. The van der Waals surface area contributed by atoms with Crippen molar-refractivity contribution in [2.24, 2.45) is 5.16 Å². The van der Waals surface area contributed by atoms with E-state index in [4.69, 9.17) is 32.7 Å². The summed E-state index contributed by atoms with van der Waals surface area (Å²) in [6.07, 6.45) is 0. The topological polar surface area (TPSA) is 57.1 Å². The van der Waals surface area contributed by atoms with Crippen molar-refractivity contribution in [3.05, 3.63) is 0 Å². The van der Waals surface area contributed by atoms with Crippen LogP contribution in [0.5, 0.6) is 0 Å². The number of carbonyl (C=O) groups excluding carboxylic acids is 1. The molecule has 0 aromatic rings. The van der Waals surface area contributed by atoms with E-state index in [-0.39, 0.29) is 11.6 Å². The predicted molar refractivity (Wildman–Crippen MR) is 62.0 cm³/mol. The third-order valence-corrected chi connectivity index (χ3v) is 2.19. The van der Waals surface area contributed by atoms with E-state index >= 15 is 0 Å². The van der Waals surface area contributed by atoms with Gasteiger partial charge in [-0.1, -0.05) is 5.16 Å². The molecule has 0 fully saturated rings. The highest BCUT2D eigenvalue weighted by atomic mass is 35.5. The molecule has 0 atom stereocenters. The smallest absolute Gasteiger partial charge is 0.275 e. The fourth-order valence-electron chi connectivity index (χ4n) is 1.13. The summed E-state index contributed by atoms with van der Waals surface area (Å²) in [5.74, 6) is -1.57. The Bertz CT molecular complexity index is 252. The normalized spacial score (nSPS) is 12.7. The van der Waals surface area contributed by atoms with E-state index in [1.54, 1.807) is 13.8 Å². The van der Waals surface area contributed by atoms with Crippen molar-refractivity contribution >= 4 is 34.2 Å². The molecule has 0 spiro atoms. The van der Waals surface area contributed by atoms with Crippen molar-refractivity contribution in [2.75, 3.05) is 26.2 Å². The van der Waals surface area contributed by atoms with Gasteiger partial charge in [0.25, 0.3) is 5.24 Å². The molecule has 0 aliphatic heterocycles. The molecule has 5 nitrogen and oxygen atoms in total. The van der Waals surface area contributed by atoms with E-state index in [2.05, 4.69) is 9.99 Å². The molecule has 0 N–H and O–H groups in total. The number of carbonyl (C=O) groups is 1. The van der Waals surface area contributed by atoms with Gasteiger partial charge < -0.3 is 14.3 Å². The lowest BCUT2D eigenvalue weighted by Gasteiger charge is -2.30. The lowest BCUT2D eigenvalue weighted by Crippen LogP contribution is -2.49. The highest BCUT2D eigenvalue weighted by molar-refractivity contribution is 6.83. The Hall–Kier alpha value is -0.360. The van der Waals surface area contributed by atoms with Gasteiger partial charge in [0.2, 0.25) is 5.79 Å². The van der Waals surface area contributed by atoms with E-state index in [1.165, 1.54) is 7.11 Å². The summed E-state index contributed by atoms with van der Waals surface area (Å²) in [6.45, 7) is 4.06. The first-order chi connectivity index (χ1) is 7.57. The van der Waals surface area contributed by atoms with Crippen molar-refractivity contribution in [1.29, 1.82) is 0 Å². The zero-order valence-electron chi connectivity index (χ0n) is 9.46. The number of oxime groups is 1. The number of ether oxygens (including phenoxy) is 2. The third kappa shape index (κ3) is 3.90. The van der Waals surface area contributed by atoms with Gasteiger partial charge in [0.15, 0.2) is 5.71 Å². The maximum Gasteiger partial charge on any atom is 0.275 e. The van der Waals surface area contributed by atoms with E-state index < -0.39 is 11.0 Å².